The average Bonchev–Trinajstić information content (AvgIpc) is 2.49. The molecular weight excluding hydrogens is 260 g/mol. The first kappa shape index (κ1) is 18.0. The van der Waals surface area contributed by atoms with Gasteiger partial charge in [-0.15, -0.1) is 0 Å². The molecule has 1 aromatic carbocycles. The van der Waals surface area contributed by atoms with Crippen LogP contribution in [0, 0.1) is 6.92 Å². The normalized spacial score (nSPS) is 12.6. The van der Waals surface area contributed by atoms with Gasteiger partial charge in [0.1, 0.15) is 0 Å². The number of hydrogen-bond donors (Lipinski definition) is 2. The number of hydrogen-bond acceptors (Lipinski definition) is 3. The monoisotopic (exact) mass is 292 g/mol. The third kappa shape index (κ3) is 8.08. The molecule has 0 heterocycles. The van der Waals surface area contributed by atoms with Gasteiger partial charge in [0.15, 0.2) is 0 Å². The summed E-state index contributed by atoms with van der Waals surface area (Å²) in [6.45, 7) is 10.1. The van der Waals surface area contributed by atoms with Crippen molar-refractivity contribution in [2.75, 3.05) is 31.5 Å². The second-order valence-electron chi connectivity index (χ2n) is 5.91. The zero-order chi connectivity index (χ0) is 15.5. The van der Waals surface area contributed by atoms with Gasteiger partial charge in [0.2, 0.25) is 0 Å². The molecule has 120 valence electrons. The molecule has 0 aliphatic carbocycles. The molecule has 0 aliphatic rings. The molecule has 1 unspecified atom stereocenters. The van der Waals surface area contributed by atoms with E-state index in [-0.39, 0.29) is 6.10 Å². The summed E-state index contributed by atoms with van der Waals surface area (Å²) in [5.74, 6) is 0. The summed E-state index contributed by atoms with van der Waals surface area (Å²) < 4.78 is 0. The molecule has 21 heavy (non-hydrogen) atoms. The molecule has 0 fully saturated rings. The van der Waals surface area contributed by atoms with E-state index in [2.05, 4.69) is 55.3 Å². The number of anilines is 1. The molecule has 0 radical (unpaired) electrons. The molecule has 2 N–H and O–H groups in total. The molecule has 1 rings (SSSR count). The molecule has 0 aliphatic heterocycles. The quantitative estimate of drug-likeness (QED) is 0.653. The molecule has 0 saturated carbocycles. The number of benzene rings is 1. The molecule has 0 saturated heterocycles. The number of nitrogens with zero attached hydrogens (tertiary/aromatic N) is 1. The highest BCUT2D eigenvalue weighted by atomic mass is 16.3. The molecule has 0 bridgehead atoms. The Morgan fingerprint density at radius 2 is 1.62 bits per heavy atom. The van der Waals surface area contributed by atoms with E-state index in [4.69, 9.17) is 0 Å². The lowest BCUT2D eigenvalue weighted by Gasteiger charge is -2.25. The smallest absolute Gasteiger partial charge is 0.0839 e. The highest BCUT2D eigenvalue weighted by Gasteiger charge is 2.11. The van der Waals surface area contributed by atoms with Gasteiger partial charge >= 0.3 is 0 Å². The minimum Gasteiger partial charge on any atom is -0.390 e. The van der Waals surface area contributed by atoms with Gasteiger partial charge in [-0.3, -0.25) is 0 Å². The fourth-order valence-corrected chi connectivity index (χ4v) is 2.33. The van der Waals surface area contributed by atoms with Gasteiger partial charge in [0, 0.05) is 18.8 Å². The number of aliphatic hydroxyl groups is 1. The maximum Gasteiger partial charge on any atom is 0.0839 e. The summed E-state index contributed by atoms with van der Waals surface area (Å²) >= 11 is 0. The van der Waals surface area contributed by atoms with Crippen LogP contribution in [0.1, 0.15) is 45.1 Å². The van der Waals surface area contributed by atoms with Crippen LogP contribution in [-0.2, 0) is 0 Å². The number of nitrogens with one attached hydrogen (secondary N) is 1. The van der Waals surface area contributed by atoms with Gasteiger partial charge in [-0.05, 0) is 45.0 Å². The molecule has 0 spiro atoms. The highest BCUT2D eigenvalue weighted by Crippen LogP contribution is 2.09. The molecular formula is C18H32N2O. The first-order valence-electron chi connectivity index (χ1n) is 8.36. The zero-order valence-electron chi connectivity index (χ0n) is 13.9. The first-order chi connectivity index (χ1) is 10.2. The van der Waals surface area contributed by atoms with E-state index in [0.29, 0.717) is 6.54 Å². The molecule has 0 aromatic heterocycles. The highest BCUT2D eigenvalue weighted by molar-refractivity contribution is 5.44. The third-order valence-electron chi connectivity index (χ3n) is 3.72. The van der Waals surface area contributed by atoms with Crippen LogP contribution in [0.5, 0.6) is 0 Å². The molecule has 3 nitrogen and oxygen atoms in total. The van der Waals surface area contributed by atoms with Crippen LogP contribution in [0.2, 0.25) is 0 Å². The Bertz CT molecular complexity index is 356. The summed E-state index contributed by atoms with van der Waals surface area (Å²) in [5, 5.41) is 13.5. The Morgan fingerprint density at radius 1 is 1.05 bits per heavy atom. The number of aliphatic hydroxyl groups excluding tert-OH is 1. The number of unbranched alkanes of at least 4 members (excludes halogenated alkanes) is 2. The van der Waals surface area contributed by atoms with Gasteiger partial charge in [-0.2, -0.15) is 0 Å². The first-order valence-corrected chi connectivity index (χ1v) is 8.36. The van der Waals surface area contributed by atoms with Crippen molar-refractivity contribution >= 4 is 5.69 Å². The van der Waals surface area contributed by atoms with Gasteiger partial charge in [-0.1, -0.05) is 44.4 Å². The van der Waals surface area contributed by atoms with Crippen LogP contribution in [0.4, 0.5) is 5.69 Å². The summed E-state index contributed by atoms with van der Waals surface area (Å²) in [7, 11) is 0. The topological polar surface area (TPSA) is 35.5 Å². The fourth-order valence-electron chi connectivity index (χ4n) is 2.33. The van der Waals surface area contributed by atoms with Crippen molar-refractivity contribution in [3.8, 4) is 0 Å². The molecule has 0 amide bonds. The summed E-state index contributed by atoms with van der Waals surface area (Å²) in [6.07, 6.45) is 4.52. The largest absolute Gasteiger partial charge is 0.390 e. The Balaban J connectivity index is 2.34. The van der Waals surface area contributed by atoms with Gasteiger partial charge in [-0.25, -0.2) is 0 Å². The minimum absolute atomic E-state index is 0.319. The van der Waals surface area contributed by atoms with Crippen molar-refractivity contribution in [3.63, 3.8) is 0 Å². The van der Waals surface area contributed by atoms with Crippen molar-refractivity contribution in [1.82, 2.24) is 4.90 Å². The average molecular weight is 292 g/mol. The van der Waals surface area contributed by atoms with E-state index < -0.39 is 0 Å². The van der Waals surface area contributed by atoms with Crippen molar-refractivity contribution in [2.45, 2.75) is 52.6 Å². The van der Waals surface area contributed by atoms with Crippen LogP contribution in [0.25, 0.3) is 0 Å². The van der Waals surface area contributed by atoms with Crippen LogP contribution in [-0.4, -0.2) is 42.3 Å². The summed E-state index contributed by atoms with van der Waals surface area (Å²) in [4.78, 5) is 2.40. The molecule has 3 heteroatoms. The molecule has 1 atom stereocenters. The molecule has 1 aromatic rings. The minimum atomic E-state index is -0.319. The van der Waals surface area contributed by atoms with E-state index in [1.165, 1.54) is 31.2 Å². The lowest BCUT2D eigenvalue weighted by molar-refractivity contribution is 0.119. The van der Waals surface area contributed by atoms with Crippen LogP contribution in [0.15, 0.2) is 24.3 Å². The van der Waals surface area contributed by atoms with E-state index in [1.54, 1.807) is 0 Å². The summed E-state index contributed by atoms with van der Waals surface area (Å²) in [5.41, 5.74) is 2.33. The lowest BCUT2D eigenvalue weighted by atomic mass is 10.2. The van der Waals surface area contributed by atoms with E-state index in [0.717, 1.165) is 25.3 Å². The van der Waals surface area contributed by atoms with Crippen molar-refractivity contribution < 1.29 is 5.11 Å². The third-order valence-corrected chi connectivity index (χ3v) is 3.72. The fraction of sp³-hybridized carbons (Fsp3) is 0.667. The number of aryl methyl sites for hydroxylation is 1. The van der Waals surface area contributed by atoms with Gasteiger partial charge in [0.25, 0.3) is 0 Å². The van der Waals surface area contributed by atoms with Gasteiger partial charge in [0.05, 0.1) is 6.10 Å². The van der Waals surface area contributed by atoms with Gasteiger partial charge < -0.3 is 15.3 Å². The zero-order valence-corrected chi connectivity index (χ0v) is 13.9. The Hall–Kier alpha value is -1.06. The van der Waals surface area contributed by atoms with E-state index in [1.807, 2.05) is 0 Å². The predicted molar refractivity (Wildman–Crippen MR) is 91.9 cm³/mol. The van der Waals surface area contributed by atoms with Crippen LogP contribution in [0.3, 0.4) is 0 Å². The Kier molecular flexibility index (Phi) is 9.11. The maximum absolute atomic E-state index is 10.2. The SMILES string of the molecule is CCCCN(CCCC)CC(O)CNc1ccc(C)cc1. The lowest BCUT2D eigenvalue weighted by Crippen LogP contribution is -2.37. The van der Waals surface area contributed by atoms with Crippen LogP contribution < -0.4 is 5.32 Å². The van der Waals surface area contributed by atoms with E-state index in [9.17, 15) is 5.11 Å². The van der Waals surface area contributed by atoms with Crippen molar-refractivity contribution in [1.29, 1.82) is 0 Å². The second-order valence-corrected chi connectivity index (χ2v) is 5.91. The number of rotatable bonds is 11. The second kappa shape index (κ2) is 10.6. The summed E-state index contributed by atoms with van der Waals surface area (Å²) in [6, 6.07) is 8.30. The Labute approximate surface area is 130 Å². The predicted octanol–water partition coefficient (Wildman–Crippen LogP) is 3.67. The Morgan fingerprint density at radius 3 is 2.14 bits per heavy atom. The van der Waals surface area contributed by atoms with Crippen molar-refractivity contribution in [3.05, 3.63) is 29.8 Å². The maximum atomic E-state index is 10.2. The van der Waals surface area contributed by atoms with E-state index >= 15 is 0 Å². The standard InChI is InChI=1S/C18H32N2O/c1-4-6-12-20(13-7-5-2)15-18(21)14-19-17-10-8-16(3)9-11-17/h8-11,18-19,21H,4-7,12-15H2,1-3H3. The van der Waals surface area contributed by atoms with Crippen LogP contribution >= 0.6 is 0 Å². The van der Waals surface area contributed by atoms with Crippen molar-refractivity contribution in [2.24, 2.45) is 0 Å².